The summed E-state index contributed by atoms with van der Waals surface area (Å²) in [5, 5.41) is 3.97. The van der Waals surface area contributed by atoms with Crippen molar-refractivity contribution in [3.05, 3.63) is 68.3 Å². The number of carbonyl (C=O) groups excluding carboxylic acids is 1. The van der Waals surface area contributed by atoms with Crippen molar-refractivity contribution in [2.75, 3.05) is 0 Å². The molecule has 0 unspecified atom stereocenters. The van der Waals surface area contributed by atoms with Gasteiger partial charge >= 0.3 is 0 Å². The van der Waals surface area contributed by atoms with Crippen LogP contribution in [0.1, 0.15) is 84.4 Å². The number of hydrogen-bond donors (Lipinski definition) is 2. The SMILES string of the molecule is CCCc1cc(C)[nH]c(=O)c1CNC(=O)c1cc(C#CC2CC2)cc2c1c(C)cn2C(C)C. The summed E-state index contributed by atoms with van der Waals surface area (Å²) < 4.78 is 2.20. The molecule has 1 aromatic carbocycles. The van der Waals surface area contributed by atoms with E-state index in [2.05, 4.69) is 59.7 Å². The highest BCUT2D eigenvalue weighted by molar-refractivity contribution is 6.08. The Balaban J connectivity index is 1.72. The van der Waals surface area contributed by atoms with Crippen LogP contribution in [-0.4, -0.2) is 15.5 Å². The molecule has 3 aromatic rings. The zero-order chi connectivity index (χ0) is 23.7. The molecule has 1 fully saturated rings. The van der Waals surface area contributed by atoms with Gasteiger partial charge in [-0.15, -0.1) is 0 Å². The van der Waals surface area contributed by atoms with Crippen LogP contribution in [0.15, 0.2) is 29.2 Å². The third-order valence-electron chi connectivity index (χ3n) is 6.23. The molecule has 0 bridgehead atoms. The predicted molar refractivity (Wildman–Crippen MR) is 134 cm³/mol. The minimum absolute atomic E-state index is 0.130. The molecule has 2 N–H and O–H groups in total. The van der Waals surface area contributed by atoms with Gasteiger partial charge in [-0.1, -0.05) is 25.2 Å². The van der Waals surface area contributed by atoms with Crippen LogP contribution < -0.4 is 10.9 Å². The Labute approximate surface area is 195 Å². The second-order valence-corrected chi connectivity index (χ2v) is 9.49. The number of nitrogens with one attached hydrogen (secondary N) is 2. The van der Waals surface area contributed by atoms with E-state index < -0.39 is 0 Å². The molecular formula is C28H33N3O2. The number of aryl methyl sites for hydroxylation is 3. The quantitative estimate of drug-likeness (QED) is 0.516. The molecule has 0 spiro atoms. The fraction of sp³-hybridized carbons (Fsp3) is 0.429. The summed E-state index contributed by atoms with van der Waals surface area (Å²) >= 11 is 0. The fourth-order valence-electron chi connectivity index (χ4n) is 4.41. The predicted octanol–water partition coefficient (Wildman–Crippen LogP) is 5.17. The number of hydrogen-bond acceptors (Lipinski definition) is 2. The van der Waals surface area contributed by atoms with Crippen LogP contribution in [0.5, 0.6) is 0 Å². The number of nitrogens with zero attached hydrogens (tertiary/aromatic N) is 1. The summed E-state index contributed by atoms with van der Waals surface area (Å²) in [4.78, 5) is 28.9. The molecule has 1 aliphatic rings. The molecule has 4 rings (SSSR count). The molecule has 2 heterocycles. The highest BCUT2D eigenvalue weighted by atomic mass is 16.1. The Kier molecular flexibility index (Phi) is 6.47. The molecule has 5 nitrogen and oxygen atoms in total. The minimum Gasteiger partial charge on any atom is -0.348 e. The van der Waals surface area contributed by atoms with Crippen molar-refractivity contribution in [2.45, 2.75) is 72.9 Å². The first-order valence-corrected chi connectivity index (χ1v) is 11.9. The van der Waals surface area contributed by atoms with E-state index in [9.17, 15) is 9.59 Å². The first-order valence-electron chi connectivity index (χ1n) is 11.9. The maximum Gasteiger partial charge on any atom is 0.253 e. The van der Waals surface area contributed by atoms with E-state index in [0.717, 1.165) is 59.0 Å². The van der Waals surface area contributed by atoms with Gasteiger partial charge in [0.05, 0.1) is 11.1 Å². The minimum atomic E-state index is -0.179. The number of carbonyl (C=O) groups is 1. The maximum atomic E-state index is 13.4. The number of benzene rings is 1. The zero-order valence-corrected chi connectivity index (χ0v) is 20.3. The Morgan fingerprint density at radius 2 is 2.00 bits per heavy atom. The number of aromatic amines is 1. The van der Waals surface area contributed by atoms with E-state index in [1.165, 1.54) is 0 Å². The van der Waals surface area contributed by atoms with Crippen molar-refractivity contribution in [2.24, 2.45) is 5.92 Å². The van der Waals surface area contributed by atoms with Crippen LogP contribution in [0.3, 0.4) is 0 Å². The van der Waals surface area contributed by atoms with E-state index in [4.69, 9.17) is 0 Å². The lowest BCUT2D eigenvalue weighted by atomic mass is 10.0. The average Bonchev–Trinajstić information content (AvgIpc) is 3.53. The number of fused-ring (bicyclic) bond motifs is 1. The molecular weight excluding hydrogens is 410 g/mol. The Morgan fingerprint density at radius 1 is 1.24 bits per heavy atom. The molecule has 0 saturated heterocycles. The fourth-order valence-corrected chi connectivity index (χ4v) is 4.41. The summed E-state index contributed by atoms with van der Waals surface area (Å²) in [7, 11) is 0. The molecule has 0 atom stereocenters. The van der Waals surface area contributed by atoms with Crippen LogP contribution in [0.2, 0.25) is 0 Å². The molecule has 0 radical (unpaired) electrons. The van der Waals surface area contributed by atoms with Crippen molar-refractivity contribution in [3.63, 3.8) is 0 Å². The molecule has 1 amide bonds. The molecule has 2 aromatic heterocycles. The van der Waals surface area contributed by atoms with Crippen LogP contribution in [0, 0.1) is 31.6 Å². The number of H-pyrrole nitrogens is 1. The van der Waals surface area contributed by atoms with Gasteiger partial charge in [0, 0.05) is 46.9 Å². The topological polar surface area (TPSA) is 66.9 Å². The summed E-state index contributed by atoms with van der Waals surface area (Å²) in [6.45, 7) is 10.5. The number of amides is 1. The van der Waals surface area contributed by atoms with Crippen LogP contribution in [0.25, 0.3) is 10.9 Å². The summed E-state index contributed by atoms with van der Waals surface area (Å²) in [6.07, 6.45) is 6.18. The monoisotopic (exact) mass is 443 g/mol. The highest BCUT2D eigenvalue weighted by Crippen LogP contribution is 2.30. The van der Waals surface area contributed by atoms with E-state index in [1.807, 2.05) is 26.0 Å². The lowest BCUT2D eigenvalue weighted by Gasteiger charge is -2.13. The standard InChI is InChI=1S/C28H33N3O2/c1-6-7-22-12-19(5)30-28(33)24(22)15-29-27(32)23-13-21(11-10-20-8-9-20)14-25-26(23)18(4)16-31(25)17(2)3/h12-14,16-17,20H,6-9,15H2,1-5H3,(H,29,32)(H,30,33). The lowest BCUT2D eigenvalue weighted by Crippen LogP contribution is -2.28. The van der Waals surface area contributed by atoms with Crippen molar-refractivity contribution in [3.8, 4) is 11.8 Å². The average molecular weight is 444 g/mol. The van der Waals surface area contributed by atoms with E-state index >= 15 is 0 Å². The molecule has 0 aliphatic heterocycles. The largest absolute Gasteiger partial charge is 0.348 e. The van der Waals surface area contributed by atoms with Crippen molar-refractivity contribution in [1.82, 2.24) is 14.9 Å². The molecule has 33 heavy (non-hydrogen) atoms. The highest BCUT2D eigenvalue weighted by Gasteiger charge is 2.20. The van der Waals surface area contributed by atoms with Crippen molar-refractivity contribution in [1.29, 1.82) is 0 Å². The van der Waals surface area contributed by atoms with Crippen molar-refractivity contribution < 1.29 is 4.79 Å². The van der Waals surface area contributed by atoms with Gasteiger partial charge in [0.15, 0.2) is 0 Å². The molecule has 1 aliphatic carbocycles. The molecule has 5 heteroatoms. The summed E-state index contributed by atoms with van der Waals surface area (Å²) in [5.41, 5.74) is 5.90. The molecule has 1 saturated carbocycles. The van der Waals surface area contributed by atoms with Crippen LogP contribution in [-0.2, 0) is 13.0 Å². The van der Waals surface area contributed by atoms with Gasteiger partial charge in [-0.3, -0.25) is 9.59 Å². The van der Waals surface area contributed by atoms with Gasteiger partial charge in [0.25, 0.3) is 11.5 Å². The zero-order valence-electron chi connectivity index (χ0n) is 20.3. The molecule has 172 valence electrons. The van der Waals surface area contributed by atoms with E-state index in [1.54, 1.807) is 0 Å². The third kappa shape index (κ3) is 4.90. The number of aromatic nitrogens is 2. The Bertz CT molecular complexity index is 1330. The maximum absolute atomic E-state index is 13.4. The normalized spacial score (nSPS) is 13.3. The summed E-state index contributed by atoms with van der Waals surface area (Å²) in [5.74, 6) is 6.91. The van der Waals surface area contributed by atoms with Gasteiger partial charge in [0.2, 0.25) is 0 Å². The van der Waals surface area contributed by atoms with Gasteiger partial charge in [0.1, 0.15) is 0 Å². The lowest BCUT2D eigenvalue weighted by molar-refractivity contribution is 0.0952. The summed E-state index contributed by atoms with van der Waals surface area (Å²) in [6, 6.07) is 6.27. The van der Waals surface area contributed by atoms with Crippen molar-refractivity contribution >= 4 is 16.8 Å². The first kappa shape index (κ1) is 22.9. The van der Waals surface area contributed by atoms with Gasteiger partial charge in [-0.25, -0.2) is 0 Å². The smallest absolute Gasteiger partial charge is 0.253 e. The third-order valence-corrected chi connectivity index (χ3v) is 6.23. The van der Waals surface area contributed by atoms with Gasteiger partial charge in [-0.05, 0) is 76.3 Å². The van der Waals surface area contributed by atoms with E-state index in [-0.39, 0.29) is 24.1 Å². The number of rotatable bonds is 6. The van der Waals surface area contributed by atoms with Crippen LogP contribution >= 0.6 is 0 Å². The van der Waals surface area contributed by atoms with Gasteiger partial charge in [-0.2, -0.15) is 0 Å². The van der Waals surface area contributed by atoms with Crippen LogP contribution in [0.4, 0.5) is 0 Å². The first-order chi connectivity index (χ1) is 15.8. The number of pyridine rings is 1. The second-order valence-electron chi connectivity index (χ2n) is 9.49. The van der Waals surface area contributed by atoms with E-state index in [0.29, 0.717) is 17.0 Å². The van der Waals surface area contributed by atoms with Gasteiger partial charge < -0.3 is 14.9 Å². The second kappa shape index (κ2) is 9.31. The Hall–Kier alpha value is -3.26. The Morgan fingerprint density at radius 3 is 2.67 bits per heavy atom.